The molecule has 2 aromatic heterocycles. The normalized spacial score (nSPS) is 11.2. The molecule has 262 valence electrons. The summed E-state index contributed by atoms with van der Waals surface area (Å²) in [5, 5.41) is 3.27. The molecule has 4 nitrogen and oxygen atoms in total. The topological polar surface area (TPSA) is 51.6 Å². The minimum absolute atomic E-state index is 0.566. The Hall–Kier alpha value is -7.56. The Bertz CT molecular complexity index is 2860. The van der Waals surface area contributed by atoms with Crippen LogP contribution in [0.1, 0.15) is 0 Å². The maximum atomic E-state index is 5.45. The highest BCUT2D eigenvalue weighted by atomic mass is 15.0. The Morgan fingerprint density at radius 1 is 0.268 bits per heavy atom. The van der Waals surface area contributed by atoms with Gasteiger partial charge in [-0.25, -0.2) is 19.9 Å². The summed E-state index contributed by atoms with van der Waals surface area (Å²) in [6.07, 6.45) is 0. The zero-order valence-corrected chi connectivity index (χ0v) is 30.4. The summed E-state index contributed by atoms with van der Waals surface area (Å²) in [6.45, 7) is 0. The first-order valence-electron chi connectivity index (χ1n) is 18.8. The molecule has 0 spiro atoms. The van der Waals surface area contributed by atoms with Gasteiger partial charge in [0.1, 0.15) is 0 Å². The van der Waals surface area contributed by atoms with E-state index in [4.69, 9.17) is 19.9 Å². The zero-order valence-electron chi connectivity index (χ0n) is 30.4. The molecule has 0 N–H and O–H groups in total. The van der Waals surface area contributed by atoms with Crippen molar-refractivity contribution in [3.05, 3.63) is 206 Å². The average molecular weight is 715 g/mol. The van der Waals surface area contributed by atoms with Crippen LogP contribution in [0.2, 0.25) is 0 Å². The Morgan fingerprint density at radius 2 is 0.679 bits per heavy atom. The fraction of sp³-hybridized carbons (Fsp3) is 0. The molecule has 0 bridgehead atoms. The molecule has 56 heavy (non-hydrogen) atoms. The lowest BCUT2D eigenvalue weighted by Crippen LogP contribution is -2.02. The van der Waals surface area contributed by atoms with Gasteiger partial charge in [0.05, 0.1) is 11.2 Å². The molecule has 0 saturated heterocycles. The molecule has 0 aliphatic rings. The van der Waals surface area contributed by atoms with Crippen molar-refractivity contribution in [1.82, 2.24) is 19.9 Å². The highest BCUT2D eigenvalue weighted by molar-refractivity contribution is 6.18. The first-order chi connectivity index (χ1) is 27.7. The maximum Gasteiger partial charge on any atom is 0.166 e. The summed E-state index contributed by atoms with van der Waals surface area (Å²) in [7, 11) is 0. The molecule has 2 heterocycles. The van der Waals surface area contributed by atoms with Gasteiger partial charge in [0.2, 0.25) is 0 Å². The standard InChI is InChI=1S/C52H34N4/c1-5-15-35(16-6-1)37-25-29-41(30-26-37)50-54-51(42-31-27-38(28-32-42)36-17-7-2-8-18-36)56-52(55-50)46-33-43-23-13-14-24-44(43)48-45(39-19-9-3-10-20-39)34-47(53-49(46)48)40-21-11-4-12-22-40/h1-34H. The minimum atomic E-state index is 0.566. The van der Waals surface area contributed by atoms with Crippen molar-refractivity contribution >= 4 is 21.7 Å². The van der Waals surface area contributed by atoms with Gasteiger partial charge >= 0.3 is 0 Å². The maximum absolute atomic E-state index is 5.45. The number of benzene rings is 8. The van der Waals surface area contributed by atoms with E-state index in [9.17, 15) is 0 Å². The Morgan fingerprint density at radius 3 is 1.21 bits per heavy atom. The monoisotopic (exact) mass is 714 g/mol. The van der Waals surface area contributed by atoms with Crippen LogP contribution in [-0.2, 0) is 0 Å². The van der Waals surface area contributed by atoms with Gasteiger partial charge < -0.3 is 0 Å². The van der Waals surface area contributed by atoms with Gasteiger partial charge in [0, 0.05) is 27.6 Å². The highest BCUT2D eigenvalue weighted by Crippen LogP contribution is 2.41. The minimum Gasteiger partial charge on any atom is -0.247 e. The van der Waals surface area contributed by atoms with Gasteiger partial charge in [-0.15, -0.1) is 0 Å². The predicted octanol–water partition coefficient (Wildman–Crippen LogP) is 13.2. The molecule has 0 unspecified atom stereocenters. The van der Waals surface area contributed by atoms with Crippen molar-refractivity contribution in [1.29, 1.82) is 0 Å². The second-order valence-corrected chi connectivity index (χ2v) is 13.8. The first-order valence-corrected chi connectivity index (χ1v) is 18.8. The van der Waals surface area contributed by atoms with E-state index in [1.807, 2.05) is 18.2 Å². The van der Waals surface area contributed by atoms with Crippen molar-refractivity contribution in [2.45, 2.75) is 0 Å². The van der Waals surface area contributed by atoms with E-state index in [1.54, 1.807) is 0 Å². The van der Waals surface area contributed by atoms with Gasteiger partial charge in [0.25, 0.3) is 0 Å². The lowest BCUT2D eigenvalue weighted by Gasteiger charge is -2.16. The number of hydrogen-bond donors (Lipinski definition) is 0. The number of aromatic nitrogens is 4. The van der Waals surface area contributed by atoms with E-state index in [1.165, 1.54) is 0 Å². The van der Waals surface area contributed by atoms with Gasteiger partial charge in [-0.2, -0.15) is 0 Å². The van der Waals surface area contributed by atoms with Crippen LogP contribution in [0, 0.1) is 0 Å². The summed E-state index contributed by atoms with van der Waals surface area (Å²) < 4.78 is 0. The van der Waals surface area contributed by atoms with Crippen LogP contribution < -0.4 is 0 Å². The number of fused-ring (bicyclic) bond motifs is 3. The van der Waals surface area contributed by atoms with Crippen molar-refractivity contribution in [3.63, 3.8) is 0 Å². The molecule has 10 aromatic rings. The lowest BCUT2D eigenvalue weighted by atomic mass is 9.92. The molecule has 0 fully saturated rings. The molecular weight excluding hydrogens is 681 g/mol. The molecule has 10 rings (SSSR count). The van der Waals surface area contributed by atoms with Gasteiger partial charge in [-0.05, 0) is 56.3 Å². The molecule has 0 atom stereocenters. The average Bonchev–Trinajstić information content (AvgIpc) is 3.29. The van der Waals surface area contributed by atoms with E-state index >= 15 is 0 Å². The van der Waals surface area contributed by atoms with E-state index in [2.05, 4.69) is 188 Å². The number of rotatable bonds is 7. The van der Waals surface area contributed by atoms with Crippen LogP contribution in [0.4, 0.5) is 0 Å². The fourth-order valence-electron chi connectivity index (χ4n) is 7.50. The summed E-state index contributed by atoms with van der Waals surface area (Å²) in [4.78, 5) is 21.1. The number of hydrogen-bond acceptors (Lipinski definition) is 4. The van der Waals surface area contributed by atoms with E-state index in [-0.39, 0.29) is 0 Å². The smallest absolute Gasteiger partial charge is 0.166 e. The SMILES string of the molecule is c1ccc(-c2ccc(-c3nc(-c4ccc(-c5ccccc5)cc4)nc(-c4cc5ccccc5c5c(-c6ccccc6)cc(-c6ccccc6)nc45)n3)cc2)cc1. The van der Waals surface area contributed by atoms with Crippen molar-refractivity contribution in [2.75, 3.05) is 0 Å². The second kappa shape index (κ2) is 14.3. The van der Waals surface area contributed by atoms with Gasteiger partial charge in [0.15, 0.2) is 17.5 Å². The summed E-state index contributed by atoms with van der Waals surface area (Å²) >= 11 is 0. The second-order valence-electron chi connectivity index (χ2n) is 13.8. The van der Waals surface area contributed by atoms with E-state index < -0.39 is 0 Å². The molecule has 0 aliphatic heterocycles. The van der Waals surface area contributed by atoms with Crippen molar-refractivity contribution < 1.29 is 0 Å². The third kappa shape index (κ3) is 6.29. The van der Waals surface area contributed by atoms with Crippen molar-refractivity contribution in [2.24, 2.45) is 0 Å². The third-order valence-electron chi connectivity index (χ3n) is 10.3. The predicted molar refractivity (Wildman–Crippen MR) is 231 cm³/mol. The summed E-state index contributed by atoms with van der Waals surface area (Å²) in [6, 6.07) is 71.6. The molecule has 4 heteroatoms. The zero-order chi connectivity index (χ0) is 37.3. The highest BCUT2D eigenvalue weighted by Gasteiger charge is 2.20. The van der Waals surface area contributed by atoms with E-state index in [0.717, 1.165) is 83.0 Å². The van der Waals surface area contributed by atoms with E-state index in [0.29, 0.717) is 17.5 Å². The first kappa shape index (κ1) is 33.0. The molecule has 0 aliphatic carbocycles. The quantitative estimate of drug-likeness (QED) is 0.154. The van der Waals surface area contributed by atoms with Crippen LogP contribution >= 0.6 is 0 Å². The lowest BCUT2D eigenvalue weighted by molar-refractivity contribution is 1.08. The van der Waals surface area contributed by atoms with Crippen LogP contribution in [0.25, 0.3) is 100 Å². The molecule has 0 radical (unpaired) electrons. The molecule has 0 saturated carbocycles. The third-order valence-corrected chi connectivity index (χ3v) is 10.3. The van der Waals surface area contributed by atoms with Crippen LogP contribution in [-0.4, -0.2) is 19.9 Å². The fourth-order valence-corrected chi connectivity index (χ4v) is 7.50. The summed E-state index contributed by atoms with van der Waals surface area (Å²) in [5.41, 5.74) is 12.2. The largest absolute Gasteiger partial charge is 0.247 e. The van der Waals surface area contributed by atoms with Crippen LogP contribution in [0.5, 0.6) is 0 Å². The Labute approximate surface area is 325 Å². The molecule has 0 amide bonds. The number of nitrogens with zero attached hydrogens (tertiary/aromatic N) is 4. The van der Waals surface area contributed by atoms with Crippen LogP contribution in [0.15, 0.2) is 206 Å². The van der Waals surface area contributed by atoms with Crippen LogP contribution in [0.3, 0.4) is 0 Å². The van der Waals surface area contributed by atoms with Crippen molar-refractivity contribution in [3.8, 4) is 78.8 Å². The van der Waals surface area contributed by atoms with Gasteiger partial charge in [-0.3, -0.25) is 0 Å². The number of pyridine rings is 1. The molecular formula is C52H34N4. The Kier molecular flexibility index (Phi) is 8.47. The summed E-state index contributed by atoms with van der Waals surface area (Å²) in [5.74, 6) is 1.76. The Balaban J connectivity index is 1.23. The molecule has 8 aromatic carbocycles. The van der Waals surface area contributed by atoms with Gasteiger partial charge in [-0.1, -0.05) is 194 Å².